The number of aliphatic hydroxyl groups is 1. The van der Waals surface area contributed by atoms with Gasteiger partial charge < -0.3 is 16.2 Å². The van der Waals surface area contributed by atoms with Crippen LogP contribution in [0.25, 0.3) is 0 Å². The molecule has 0 saturated heterocycles. The number of hydrogen-bond acceptors (Lipinski definition) is 4. The number of thiocarbonyl (C=S) groups is 1. The van der Waals surface area contributed by atoms with Crippen LogP contribution in [0.2, 0.25) is 0 Å². The van der Waals surface area contributed by atoms with E-state index in [0.717, 1.165) is 17.5 Å². The molecule has 1 aromatic rings. The van der Waals surface area contributed by atoms with Crippen molar-refractivity contribution in [3.8, 4) is 0 Å². The average molecular weight is 272 g/mol. The lowest BCUT2D eigenvalue weighted by Gasteiger charge is -2.01. The van der Waals surface area contributed by atoms with E-state index in [1.165, 1.54) is 6.07 Å². The number of halogens is 1. The first-order chi connectivity index (χ1) is 8.69. The van der Waals surface area contributed by atoms with Gasteiger partial charge >= 0.3 is 0 Å². The number of rotatable bonds is 6. The lowest BCUT2D eigenvalue weighted by atomic mass is 10.1. The molecule has 0 amide bonds. The molecule has 4 N–H and O–H groups in total. The van der Waals surface area contributed by atoms with Crippen molar-refractivity contribution < 1.29 is 9.50 Å². The zero-order chi connectivity index (χ0) is 13.8. The van der Waals surface area contributed by atoms with Crippen LogP contribution in [0.1, 0.15) is 18.1 Å². The van der Waals surface area contributed by atoms with E-state index in [0.29, 0.717) is 19.6 Å². The van der Waals surface area contributed by atoms with Gasteiger partial charge in [0.1, 0.15) is 5.82 Å². The number of aliphatic hydroxyl groups excluding tert-OH is 1. The molecule has 0 aliphatic heterocycles. The first-order valence-corrected chi connectivity index (χ1v) is 6.39. The topological polar surface area (TPSA) is 58.3 Å². The molecule has 0 fully saturated rings. The van der Waals surface area contributed by atoms with Crippen LogP contribution in [0.5, 0.6) is 0 Å². The zero-order valence-electron chi connectivity index (χ0n) is 10.7. The standard InChI is InChI=1S/C9H12FN.C4H9NOS/c1-2-8-5-7(6-11)3-4-9(8)10;6-3-1-5-2-4-7/h3-5H,2,6,11H2,1H3;4-6H,1-3H2. The molecule has 0 bridgehead atoms. The highest BCUT2D eigenvalue weighted by Crippen LogP contribution is 2.10. The van der Waals surface area contributed by atoms with Crippen LogP contribution < -0.4 is 11.1 Å². The second kappa shape index (κ2) is 11.2. The number of nitrogens with two attached hydrogens (primary N) is 1. The Hall–Kier alpha value is -0.880. The molecule has 1 aromatic carbocycles. The fraction of sp³-hybridized carbons (Fsp3) is 0.462. The second-order valence-electron chi connectivity index (χ2n) is 3.58. The van der Waals surface area contributed by atoms with Crippen molar-refractivity contribution >= 4 is 17.6 Å². The van der Waals surface area contributed by atoms with Gasteiger partial charge in [-0.25, -0.2) is 4.39 Å². The van der Waals surface area contributed by atoms with Gasteiger partial charge in [-0.15, -0.1) is 0 Å². The Bertz CT molecular complexity index is 348. The Morgan fingerprint density at radius 2 is 2.22 bits per heavy atom. The van der Waals surface area contributed by atoms with Crippen molar-refractivity contribution in [2.24, 2.45) is 5.73 Å². The predicted octanol–water partition coefficient (Wildman–Crippen LogP) is 1.41. The molecule has 0 aliphatic rings. The Morgan fingerprint density at radius 3 is 2.72 bits per heavy atom. The summed E-state index contributed by atoms with van der Waals surface area (Å²) in [7, 11) is 0. The number of aryl methyl sites for hydroxylation is 1. The van der Waals surface area contributed by atoms with Crippen molar-refractivity contribution in [2.75, 3.05) is 19.7 Å². The first-order valence-electron chi connectivity index (χ1n) is 5.92. The Labute approximate surface area is 113 Å². The summed E-state index contributed by atoms with van der Waals surface area (Å²) >= 11 is 4.50. The molecule has 0 radical (unpaired) electrons. The Balaban J connectivity index is 0.000000360. The molecule has 0 saturated carbocycles. The number of nitrogens with one attached hydrogen (secondary N) is 1. The van der Waals surface area contributed by atoms with Crippen molar-refractivity contribution in [2.45, 2.75) is 19.9 Å². The first kappa shape index (κ1) is 17.1. The van der Waals surface area contributed by atoms with Gasteiger partial charge in [-0.2, -0.15) is 0 Å². The molecule has 5 heteroatoms. The molecular formula is C13H21FN2OS. The normalized spacial score (nSPS) is 9.56. The summed E-state index contributed by atoms with van der Waals surface area (Å²) in [5.74, 6) is -0.135. The molecule has 1 rings (SSSR count). The molecule has 0 atom stereocenters. The van der Waals surface area contributed by atoms with Crippen molar-refractivity contribution in [1.82, 2.24) is 5.32 Å². The zero-order valence-corrected chi connectivity index (χ0v) is 11.5. The van der Waals surface area contributed by atoms with E-state index in [4.69, 9.17) is 10.8 Å². The highest BCUT2D eigenvalue weighted by Gasteiger charge is 1.99. The minimum Gasteiger partial charge on any atom is -0.395 e. The van der Waals surface area contributed by atoms with Gasteiger partial charge in [0.2, 0.25) is 0 Å². The lowest BCUT2D eigenvalue weighted by molar-refractivity contribution is 0.295. The Morgan fingerprint density at radius 1 is 1.50 bits per heavy atom. The SMILES string of the molecule is CCc1cc(CN)ccc1F.OCCNCC=S. The quantitative estimate of drug-likeness (QED) is 0.541. The molecule has 18 heavy (non-hydrogen) atoms. The van der Waals surface area contributed by atoms with Crippen molar-refractivity contribution in [1.29, 1.82) is 0 Å². The molecule has 0 spiro atoms. The van der Waals surface area contributed by atoms with Crippen LogP contribution in [0, 0.1) is 5.82 Å². The third-order valence-electron chi connectivity index (χ3n) is 2.24. The van der Waals surface area contributed by atoms with Crippen LogP contribution >= 0.6 is 12.2 Å². The van der Waals surface area contributed by atoms with Crippen molar-refractivity contribution in [3.05, 3.63) is 35.1 Å². The van der Waals surface area contributed by atoms with Gasteiger partial charge in [-0.05, 0) is 29.0 Å². The fourth-order valence-electron chi connectivity index (χ4n) is 1.27. The summed E-state index contributed by atoms with van der Waals surface area (Å²) in [6.45, 7) is 3.93. The van der Waals surface area contributed by atoms with E-state index in [1.54, 1.807) is 11.4 Å². The van der Waals surface area contributed by atoms with Gasteiger partial charge in [0.15, 0.2) is 0 Å². The molecule has 0 aromatic heterocycles. The number of benzene rings is 1. The van der Waals surface area contributed by atoms with Crippen LogP contribution in [0.3, 0.4) is 0 Å². The van der Waals surface area contributed by atoms with Crippen LogP contribution in [-0.4, -0.2) is 30.2 Å². The maximum atomic E-state index is 12.9. The summed E-state index contributed by atoms with van der Waals surface area (Å²) < 4.78 is 12.9. The smallest absolute Gasteiger partial charge is 0.126 e. The minimum atomic E-state index is -0.135. The molecule has 0 heterocycles. The van der Waals surface area contributed by atoms with Gasteiger partial charge in [0, 0.05) is 19.6 Å². The summed E-state index contributed by atoms with van der Waals surface area (Å²) in [6, 6.07) is 5.00. The fourth-order valence-corrected chi connectivity index (χ4v) is 1.38. The number of hydrogen-bond donors (Lipinski definition) is 3. The monoisotopic (exact) mass is 272 g/mol. The second-order valence-corrected chi connectivity index (χ2v) is 3.91. The third kappa shape index (κ3) is 7.45. The van der Waals surface area contributed by atoms with Gasteiger partial charge in [-0.1, -0.05) is 31.3 Å². The van der Waals surface area contributed by atoms with E-state index in [2.05, 4.69) is 17.5 Å². The lowest BCUT2D eigenvalue weighted by Crippen LogP contribution is -2.19. The minimum absolute atomic E-state index is 0.135. The Kier molecular flexibility index (Phi) is 10.7. The highest BCUT2D eigenvalue weighted by atomic mass is 32.1. The summed E-state index contributed by atoms with van der Waals surface area (Å²) in [5.41, 5.74) is 7.13. The average Bonchev–Trinajstić information content (AvgIpc) is 2.41. The van der Waals surface area contributed by atoms with Crippen molar-refractivity contribution in [3.63, 3.8) is 0 Å². The molecule has 3 nitrogen and oxygen atoms in total. The van der Waals surface area contributed by atoms with Gasteiger partial charge in [0.25, 0.3) is 0 Å². The molecule has 0 unspecified atom stereocenters. The van der Waals surface area contributed by atoms with Crippen LogP contribution in [0.4, 0.5) is 4.39 Å². The highest BCUT2D eigenvalue weighted by molar-refractivity contribution is 7.79. The summed E-state index contributed by atoms with van der Waals surface area (Å²) in [5, 5.41) is 12.7. The van der Waals surface area contributed by atoms with Gasteiger partial charge in [0.05, 0.1) is 6.61 Å². The molecular weight excluding hydrogens is 251 g/mol. The van der Waals surface area contributed by atoms with E-state index in [-0.39, 0.29) is 12.4 Å². The molecule has 102 valence electrons. The summed E-state index contributed by atoms with van der Waals surface area (Å²) in [4.78, 5) is 0. The van der Waals surface area contributed by atoms with Crippen LogP contribution in [0.15, 0.2) is 18.2 Å². The summed E-state index contributed by atoms with van der Waals surface area (Å²) in [6.07, 6.45) is 0.722. The maximum absolute atomic E-state index is 12.9. The largest absolute Gasteiger partial charge is 0.395 e. The maximum Gasteiger partial charge on any atom is 0.126 e. The van der Waals surface area contributed by atoms with E-state index < -0.39 is 0 Å². The van der Waals surface area contributed by atoms with Crippen LogP contribution in [-0.2, 0) is 13.0 Å². The predicted molar refractivity (Wildman–Crippen MR) is 77.3 cm³/mol. The van der Waals surface area contributed by atoms with E-state index in [1.807, 2.05) is 13.0 Å². The third-order valence-corrected chi connectivity index (χ3v) is 2.41. The molecule has 0 aliphatic carbocycles. The van der Waals surface area contributed by atoms with Gasteiger partial charge in [-0.3, -0.25) is 0 Å². The van der Waals surface area contributed by atoms with E-state index in [9.17, 15) is 4.39 Å². The van der Waals surface area contributed by atoms with E-state index >= 15 is 0 Å².